The molecule has 0 aromatic heterocycles. The Labute approximate surface area is 120 Å². The summed E-state index contributed by atoms with van der Waals surface area (Å²) in [6.07, 6.45) is 0. The van der Waals surface area contributed by atoms with Gasteiger partial charge in [0.2, 0.25) is 5.82 Å². The lowest BCUT2D eigenvalue weighted by atomic mass is 10.1. The number of aryl methyl sites for hydroxylation is 1. The number of nitro groups is 1. The number of nitro benzene ring substituents is 1. The van der Waals surface area contributed by atoms with Crippen LogP contribution < -0.4 is 4.90 Å². The fraction of sp³-hybridized carbons (Fsp3) is 0.133. The van der Waals surface area contributed by atoms with Crippen molar-refractivity contribution in [1.29, 1.82) is 0 Å². The second-order valence-electron chi connectivity index (χ2n) is 4.63. The number of benzene rings is 2. The van der Waals surface area contributed by atoms with Gasteiger partial charge in [0.15, 0.2) is 0 Å². The Morgan fingerprint density at radius 2 is 1.95 bits per heavy atom. The van der Waals surface area contributed by atoms with Gasteiger partial charge in [-0.1, -0.05) is 12.1 Å². The molecule has 0 radical (unpaired) electrons. The lowest BCUT2D eigenvalue weighted by molar-refractivity contribution is -0.387. The Bertz CT molecular complexity index is 716. The van der Waals surface area contributed by atoms with Gasteiger partial charge in [-0.25, -0.2) is 0 Å². The summed E-state index contributed by atoms with van der Waals surface area (Å²) < 4.78 is 13.6. The van der Waals surface area contributed by atoms with E-state index in [1.807, 2.05) is 25.1 Å². The normalized spacial score (nSPS) is 10.2. The Morgan fingerprint density at radius 3 is 2.52 bits per heavy atom. The molecule has 2 rings (SSSR count). The van der Waals surface area contributed by atoms with E-state index < -0.39 is 22.3 Å². The molecule has 0 heterocycles. The first kappa shape index (κ1) is 14.6. The molecule has 0 bridgehead atoms. The number of nitrogens with zero attached hydrogens (tertiary/aromatic N) is 2. The molecule has 6 heteroatoms. The molecular formula is C15H13FN2O3. The molecule has 0 atom stereocenters. The summed E-state index contributed by atoms with van der Waals surface area (Å²) in [5, 5.41) is 10.6. The molecule has 0 spiro atoms. The minimum absolute atomic E-state index is 0.0575. The number of hydrogen-bond acceptors (Lipinski definition) is 3. The van der Waals surface area contributed by atoms with E-state index >= 15 is 0 Å². The highest BCUT2D eigenvalue weighted by Gasteiger charge is 2.19. The van der Waals surface area contributed by atoms with Crippen molar-refractivity contribution in [2.45, 2.75) is 6.92 Å². The van der Waals surface area contributed by atoms with Crippen LogP contribution in [0.1, 0.15) is 15.9 Å². The first-order valence-corrected chi connectivity index (χ1v) is 6.19. The SMILES string of the molecule is Cc1cccc(N(C)C(=O)c2ccc([N+](=O)[O-])c(F)c2)c1. The van der Waals surface area contributed by atoms with Crippen LogP contribution in [0.3, 0.4) is 0 Å². The quantitative estimate of drug-likeness (QED) is 0.643. The van der Waals surface area contributed by atoms with Crippen molar-refractivity contribution >= 4 is 17.3 Å². The zero-order valence-corrected chi connectivity index (χ0v) is 11.5. The minimum Gasteiger partial charge on any atom is -0.311 e. The van der Waals surface area contributed by atoms with Crippen molar-refractivity contribution in [3.63, 3.8) is 0 Å². The molecule has 1 amide bonds. The number of anilines is 1. The Balaban J connectivity index is 2.32. The van der Waals surface area contributed by atoms with Gasteiger partial charge < -0.3 is 4.90 Å². The summed E-state index contributed by atoms with van der Waals surface area (Å²) in [5.74, 6) is -1.46. The van der Waals surface area contributed by atoms with Gasteiger partial charge in [-0.05, 0) is 36.8 Å². The zero-order valence-electron chi connectivity index (χ0n) is 11.5. The molecule has 0 saturated heterocycles. The molecule has 108 valence electrons. The summed E-state index contributed by atoms with van der Waals surface area (Å²) in [5.41, 5.74) is 1.06. The van der Waals surface area contributed by atoms with E-state index in [0.717, 1.165) is 17.7 Å². The molecule has 0 saturated carbocycles. The monoisotopic (exact) mass is 288 g/mol. The van der Waals surface area contributed by atoms with Crippen molar-refractivity contribution in [1.82, 2.24) is 0 Å². The zero-order chi connectivity index (χ0) is 15.6. The lowest BCUT2D eigenvalue weighted by Crippen LogP contribution is -2.26. The van der Waals surface area contributed by atoms with Crippen molar-refractivity contribution in [2.75, 3.05) is 11.9 Å². The molecule has 0 aliphatic heterocycles. The van der Waals surface area contributed by atoms with Gasteiger partial charge in [0.05, 0.1) is 4.92 Å². The second-order valence-corrected chi connectivity index (χ2v) is 4.63. The highest BCUT2D eigenvalue weighted by molar-refractivity contribution is 6.05. The number of rotatable bonds is 3. The molecule has 0 N–H and O–H groups in total. The molecule has 5 nitrogen and oxygen atoms in total. The van der Waals surface area contributed by atoms with E-state index in [1.165, 1.54) is 11.0 Å². The standard InChI is InChI=1S/C15H13FN2O3/c1-10-4-3-5-12(8-10)17(2)15(19)11-6-7-14(18(20)21)13(16)9-11/h3-9H,1-2H3. The van der Waals surface area contributed by atoms with Crippen LogP contribution in [0.4, 0.5) is 15.8 Å². The van der Waals surface area contributed by atoms with Gasteiger partial charge in [0, 0.05) is 24.4 Å². The number of hydrogen-bond donors (Lipinski definition) is 0. The van der Waals surface area contributed by atoms with E-state index in [-0.39, 0.29) is 5.56 Å². The Morgan fingerprint density at radius 1 is 1.24 bits per heavy atom. The molecule has 2 aromatic carbocycles. The third-order valence-electron chi connectivity index (χ3n) is 3.08. The molecule has 0 fully saturated rings. The number of halogens is 1. The van der Waals surface area contributed by atoms with Crippen molar-refractivity contribution in [3.05, 3.63) is 69.5 Å². The van der Waals surface area contributed by atoms with Crippen LogP contribution in [-0.2, 0) is 0 Å². The topological polar surface area (TPSA) is 63.5 Å². The van der Waals surface area contributed by atoms with Crippen molar-refractivity contribution in [2.24, 2.45) is 0 Å². The molecule has 2 aromatic rings. The van der Waals surface area contributed by atoms with Gasteiger partial charge in [-0.2, -0.15) is 4.39 Å². The number of carbonyl (C=O) groups excluding carboxylic acids is 1. The van der Waals surface area contributed by atoms with E-state index in [2.05, 4.69) is 0 Å². The Kier molecular flexibility index (Phi) is 3.98. The fourth-order valence-corrected chi connectivity index (χ4v) is 1.94. The molecule has 21 heavy (non-hydrogen) atoms. The molecule has 0 unspecified atom stereocenters. The number of amides is 1. The minimum atomic E-state index is -1.02. The van der Waals surface area contributed by atoms with Crippen LogP contribution in [0.25, 0.3) is 0 Å². The highest BCUT2D eigenvalue weighted by Crippen LogP contribution is 2.21. The van der Waals surface area contributed by atoms with Crippen LogP contribution in [0.5, 0.6) is 0 Å². The predicted molar refractivity (Wildman–Crippen MR) is 77.0 cm³/mol. The summed E-state index contributed by atoms with van der Waals surface area (Å²) in [6, 6.07) is 10.4. The summed E-state index contributed by atoms with van der Waals surface area (Å²) >= 11 is 0. The molecule has 0 aliphatic carbocycles. The smallest absolute Gasteiger partial charge is 0.304 e. The van der Waals surface area contributed by atoms with E-state index in [1.54, 1.807) is 13.1 Å². The summed E-state index contributed by atoms with van der Waals surface area (Å²) in [6.45, 7) is 1.90. The van der Waals surface area contributed by atoms with Gasteiger partial charge >= 0.3 is 5.69 Å². The van der Waals surface area contributed by atoms with E-state index in [4.69, 9.17) is 0 Å². The van der Waals surface area contributed by atoms with Crippen LogP contribution in [0, 0.1) is 22.9 Å². The average Bonchev–Trinajstić information content (AvgIpc) is 2.45. The summed E-state index contributed by atoms with van der Waals surface area (Å²) in [7, 11) is 1.57. The van der Waals surface area contributed by atoms with Crippen LogP contribution in [-0.4, -0.2) is 17.9 Å². The Hall–Kier alpha value is -2.76. The third kappa shape index (κ3) is 3.05. The van der Waals surface area contributed by atoms with E-state index in [9.17, 15) is 19.3 Å². The third-order valence-corrected chi connectivity index (χ3v) is 3.08. The van der Waals surface area contributed by atoms with Crippen molar-refractivity contribution in [3.8, 4) is 0 Å². The maximum absolute atomic E-state index is 13.6. The van der Waals surface area contributed by atoms with E-state index in [0.29, 0.717) is 5.69 Å². The van der Waals surface area contributed by atoms with Crippen LogP contribution in [0.15, 0.2) is 42.5 Å². The fourth-order valence-electron chi connectivity index (χ4n) is 1.94. The maximum atomic E-state index is 13.6. The summed E-state index contributed by atoms with van der Waals surface area (Å²) in [4.78, 5) is 23.4. The van der Waals surface area contributed by atoms with Crippen LogP contribution in [0.2, 0.25) is 0 Å². The van der Waals surface area contributed by atoms with Gasteiger partial charge in [0.1, 0.15) is 0 Å². The second kappa shape index (κ2) is 5.70. The predicted octanol–water partition coefficient (Wildman–Crippen LogP) is 3.32. The van der Waals surface area contributed by atoms with Gasteiger partial charge in [0.25, 0.3) is 5.91 Å². The first-order chi connectivity index (χ1) is 9.90. The van der Waals surface area contributed by atoms with Gasteiger partial charge in [-0.3, -0.25) is 14.9 Å². The first-order valence-electron chi connectivity index (χ1n) is 6.19. The highest BCUT2D eigenvalue weighted by atomic mass is 19.1. The number of carbonyl (C=O) groups is 1. The van der Waals surface area contributed by atoms with Gasteiger partial charge in [-0.15, -0.1) is 0 Å². The van der Waals surface area contributed by atoms with Crippen molar-refractivity contribution < 1.29 is 14.1 Å². The average molecular weight is 288 g/mol. The molecular weight excluding hydrogens is 275 g/mol. The molecule has 0 aliphatic rings. The largest absolute Gasteiger partial charge is 0.311 e. The maximum Gasteiger partial charge on any atom is 0.304 e. The lowest BCUT2D eigenvalue weighted by Gasteiger charge is -2.17. The van der Waals surface area contributed by atoms with Crippen LogP contribution >= 0.6 is 0 Å².